The smallest absolute Gasteiger partial charge is 0.224 e. The predicted molar refractivity (Wildman–Crippen MR) is 80.5 cm³/mol. The number of amides is 1. The average Bonchev–Trinajstić information content (AvgIpc) is 2.98. The van der Waals surface area contributed by atoms with Crippen LogP contribution in [0.3, 0.4) is 0 Å². The summed E-state index contributed by atoms with van der Waals surface area (Å²) in [7, 11) is 0. The minimum Gasteiger partial charge on any atom is -0.409 e. The van der Waals surface area contributed by atoms with Crippen molar-refractivity contribution in [1.29, 1.82) is 0 Å². The van der Waals surface area contributed by atoms with E-state index in [2.05, 4.69) is 10.5 Å². The van der Waals surface area contributed by atoms with Crippen LogP contribution in [0.2, 0.25) is 0 Å². The third-order valence-corrected chi connectivity index (χ3v) is 3.63. The molecule has 0 aliphatic carbocycles. The van der Waals surface area contributed by atoms with E-state index in [1.165, 1.54) is 0 Å². The average molecular weight is 291 g/mol. The molecule has 4 N–H and O–H groups in total. The lowest BCUT2D eigenvalue weighted by Gasteiger charge is -2.13. The van der Waals surface area contributed by atoms with Crippen LogP contribution in [0.15, 0.2) is 23.4 Å². The lowest BCUT2D eigenvalue weighted by Crippen LogP contribution is -2.21. The number of nitrogens with one attached hydrogen (secondary N) is 1. The fourth-order valence-electron chi connectivity index (χ4n) is 2.54. The standard InChI is InChI=1S/C15H21N3O3/c1-10-4-2-6-12(14(10)15(16)18-20)17-13(19)8-7-11-5-3-9-21-11/h2,4,6,11,20H,3,5,7-9H2,1H3,(H2,16,18)(H,17,19). The number of hydrogen-bond donors (Lipinski definition) is 3. The van der Waals surface area contributed by atoms with E-state index >= 15 is 0 Å². The second kappa shape index (κ2) is 7.08. The molecule has 6 heteroatoms. The zero-order valence-electron chi connectivity index (χ0n) is 12.1. The van der Waals surface area contributed by atoms with E-state index in [0.717, 1.165) is 31.4 Å². The maximum Gasteiger partial charge on any atom is 0.224 e. The molecule has 1 heterocycles. The van der Waals surface area contributed by atoms with E-state index in [0.29, 0.717) is 17.7 Å². The minimum atomic E-state index is -0.0944. The Labute approximate surface area is 124 Å². The highest BCUT2D eigenvalue weighted by molar-refractivity contribution is 6.06. The van der Waals surface area contributed by atoms with Crippen molar-refractivity contribution in [3.05, 3.63) is 29.3 Å². The number of rotatable bonds is 5. The fourth-order valence-corrected chi connectivity index (χ4v) is 2.54. The fraction of sp³-hybridized carbons (Fsp3) is 0.467. The highest BCUT2D eigenvalue weighted by Crippen LogP contribution is 2.21. The number of anilines is 1. The second-order valence-corrected chi connectivity index (χ2v) is 5.20. The molecule has 1 aliphatic rings. The molecule has 1 aromatic carbocycles. The Morgan fingerprint density at radius 1 is 1.57 bits per heavy atom. The molecule has 0 saturated carbocycles. The van der Waals surface area contributed by atoms with Crippen LogP contribution >= 0.6 is 0 Å². The van der Waals surface area contributed by atoms with E-state index in [1.807, 2.05) is 19.1 Å². The van der Waals surface area contributed by atoms with Crippen molar-refractivity contribution >= 4 is 17.4 Å². The first-order valence-electron chi connectivity index (χ1n) is 7.10. The van der Waals surface area contributed by atoms with Gasteiger partial charge in [0.15, 0.2) is 5.84 Å². The van der Waals surface area contributed by atoms with Crippen molar-refractivity contribution < 1.29 is 14.7 Å². The van der Waals surface area contributed by atoms with Gasteiger partial charge in [-0.05, 0) is 37.8 Å². The summed E-state index contributed by atoms with van der Waals surface area (Å²) in [4.78, 5) is 12.0. The number of ether oxygens (including phenoxy) is 1. The van der Waals surface area contributed by atoms with E-state index in [1.54, 1.807) is 6.07 Å². The topological polar surface area (TPSA) is 96.9 Å². The molecule has 1 amide bonds. The summed E-state index contributed by atoms with van der Waals surface area (Å²) in [6.07, 6.45) is 3.40. The molecular weight excluding hydrogens is 270 g/mol. The van der Waals surface area contributed by atoms with Gasteiger partial charge < -0.3 is 21.0 Å². The van der Waals surface area contributed by atoms with Crippen molar-refractivity contribution in [2.75, 3.05) is 11.9 Å². The Kier molecular flexibility index (Phi) is 5.16. The number of benzene rings is 1. The van der Waals surface area contributed by atoms with E-state index < -0.39 is 0 Å². The van der Waals surface area contributed by atoms with E-state index in [9.17, 15) is 4.79 Å². The number of carbonyl (C=O) groups excluding carboxylic acids is 1. The van der Waals surface area contributed by atoms with Crippen molar-refractivity contribution in [1.82, 2.24) is 0 Å². The predicted octanol–water partition coefficient (Wildman–Crippen LogP) is 1.99. The van der Waals surface area contributed by atoms with Crippen LogP contribution in [0.5, 0.6) is 0 Å². The van der Waals surface area contributed by atoms with Crippen LogP contribution in [0.25, 0.3) is 0 Å². The molecule has 1 fully saturated rings. The van der Waals surface area contributed by atoms with Gasteiger partial charge in [-0.15, -0.1) is 0 Å². The van der Waals surface area contributed by atoms with Gasteiger partial charge in [-0.2, -0.15) is 0 Å². The second-order valence-electron chi connectivity index (χ2n) is 5.20. The first-order chi connectivity index (χ1) is 10.1. The lowest BCUT2D eigenvalue weighted by molar-refractivity contribution is -0.116. The molecule has 6 nitrogen and oxygen atoms in total. The summed E-state index contributed by atoms with van der Waals surface area (Å²) < 4.78 is 5.50. The summed E-state index contributed by atoms with van der Waals surface area (Å²) in [5, 5.41) is 14.7. The summed E-state index contributed by atoms with van der Waals surface area (Å²) in [6.45, 7) is 2.63. The first kappa shape index (κ1) is 15.3. The van der Waals surface area contributed by atoms with E-state index in [-0.39, 0.29) is 17.8 Å². The molecule has 0 radical (unpaired) electrons. The molecule has 21 heavy (non-hydrogen) atoms. The van der Waals surface area contributed by atoms with Crippen molar-refractivity contribution in [2.24, 2.45) is 10.9 Å². The van der Waals surface area contributed by atoms with Gasteiger partial charge in [0.25, 0.3) is 0 Å². The summed E-state index contributed by atoms with van der Waals surface area (Å²) in [6, 6.07) is 5.40. The van der Waals surface area contributed by atoms with Crippen LogP contribution in [0, 0.1) is 6.92 Å². The van der Waals surface area contributed by atoms with Crippen LogP contribution in [-0.2, 0) is 9.53 Å². The molecule has 0 spiro atoms. The zero-order chi connectivity index (χ0) is 15.2. The van der Waals surface area contributed by atoms with Gasteiger partial charge in [0.05, 0.1) is 11.8 Å². The molecule has 1 saturated heterocycles. The van der Waals surface area contributed by atoms with Crippen molar-refractivity contribution in [3.63, 3.8) is 0 Å². The molecule has 1 aromatic rings. The van der Waals surface area contributed by atoms with Gasteiger partial charge in [0.1, 0.15) is 0 Å². The summed E-state index contributed by atoms with van der Waals surface area (Å²) in [5.74, 6) is -0.106. The molecule has 114 valence electrons. The quantitative estimate of drug-likeness (QED) is 0.334. The van der Waals surface area contributed by atoms with Gasteiger partial charge in [-0.3, -0.25) is 4.79 Å². The highest BCUT2D eigenvalue weighted by Gasteiger charge is 2.18. The molecule has 1 aliphatic heterocycles. The van der Waals surface area contributed by atoms with Crippen molar-refractivity contribution in [3.8, 4) is 0 Å². The number of nitrogens with two attached hydrogens (primary N) is 1. The third-order valence-electron chi connectivity index (χ3n) is 3.63. The van der Waals surface area contributed by atoms with Crippen LogP contribution in [0.1, 0.15) is 36.8 Å². The molecule has 0 aromatic heterocycles. The Hall–Kier alpha value is -2.08. The highest BCUT2D eigenvalue weighted by atomic mass is 16.5. The largest absolute Gasteiger partial charge is 0.409 e. The number of hydrogen-bond acceptors (Lipinski definition) is 4. The Morgan fingerprint density at radius 2 is 2.38 bits per heavy atom. The molecular formula is C15H21N3O3. The Morgan fingerprint density at radius 3 is 3.05 bits per heavy atom. The maximum absolute atomic E-state index is 12.0. The van der Waals surface area contributed by atoms with Crippen LogP contribution < -0.4 is 11.1 Å². The Bertz CT molecular complexity index is 537. The van der Waals surface area contributed by atoms with Crippen LogP contribution in [0.4, 0.5) is 5.69 Å². The van der Waals surface area contributed by atoms with Gasteiger partial charge in [0.2, 0.25) is 5.91 Å². The number of oxime groups is 1. The summed E-state index contributed by atoms with van der Waals surface area (Å²) >= 11 is 0. The molecule has 1 atom stereocenters. The molecule has 1 unspecified atom stereocenters. The monoisotopic (exact) mass is 291 g/mol. The third kappa shape index (κ3) is 3.95. The zero-order valence-corrected chi connectivity index (χ0v) is 12.1. The van der Waals surface area contributed by atoms with Gasteiger partial charge in [-0.1, -0.05) is 17.3 Å². The first-order valence-corrected chi connectivity index (χ1v) is 7.10. The lowest BCUT2D eigenvalue weighted by atomic mass is 10.1. The van der Waals surface area contributed by atoms with Crippen molar-refractivity contribution in [2.45, 2.75) is 38.7 Å². The normalized spacial score (nSPS) is 18.7. The summed E-state index contributed by atoms with van der Waals surface area (Å²) in [5.41, 5.74) is 7.61. The van der Waals surface area contributed by atoms with E-state index in [4.69, 9.17) is 15.7 Å². The molecule has 0 bridgehead atoms. The van der Waals surface area contributed by atoms with Crippen LogP contribution in [-0.4, -0.2) is 29.7 Å². The van der Waals surface area contributed by atoms with Gasteiger partial charge in [0, 0.05) is 18.6 Å². The minimum absolute atomic E-state index is 0.0115. The van der Waals surface area contributed by atoms with Gasteiger partial charge >= 0.3 is 0 Å². The maximum atomic E-state index is 12.0. The number of nitrogens with zero attached hydrogens (tertiary/aromatic N) is 1. The number of carbonyl (C=O) groups is 1. The molecule has 2 rings (SSSR count). The number of amidine groups is 1. The van der Waals surface area contributed by atoms with Gasteiger partial charge in [-0.25, -0.2) is 0 Å². The SMILES string of the molecule is Cc1cccc(NC(=O)CCC2CCCO2)c1/C(N)=N/O. The Balaban J connectivity index is 2.01. The number of aryl methyl sites for hydroxylation is 1.